The maximum absolute atomic E-state index is 12.0. The Morgan fingerprint density at radius 3 is 2.84 bits per heavy atom. The average molecular weight is 265 g/mol. The van der Waals surface area contributed by atoms with Crippen molar-refractivity contribution in [3.05, 3.63) is 23.8 Å². The number of aryl methyl sites for hydroxylation is 1. The molecule has 0 aromatic heterocycles. The molecule has 1 amide bonds. The van der Waals surface area contributed by atoms with Crippen LogP contribution < -0.4 is 11.1 Å². The number of benzene rings is 1. The van der Waals surface area contributed by atoms with Crippen molar-refractivity contribution in [3.8, 4) is 0 Å². The van der Waals surface area contributed by atoms with Gasteiger partial charge in [0.2, 0.25) is 5.91 Å². The summed E-state index contributed by atoms with van der Waals surface area (Å²) in [4.78, 5) is 13.9. The summed E-state index contributed by atoms with van der Waals surface area (Å²) in [7, 11) is 3.55. The molecule has 1 rings (SSSR count). The molecule has 1 unspecified atom stereocenters. The van der Waals surface area contributed by atoms with Crippen LogP contribution >= 0.6 is 0 Å². The summed E-state index contributed by atoms with van der Waals surface area (Å²) in [6.45, 7) is 4.87. The second kappa shape index (κ2) is 7.11. The van der Waals surface area contributed by atoms with Crippen LogP contribution in [0.5, 0.6) is 0 Å². The van der Waals surface area contributed by atoms with Crippen LogP contribution in [0.1, 0.15) is 12.5 Å². The van der Waals surface area contributed by atoms with Crippen molar-refractivity contribution in [2.24, 2.45) is 0 Å². The van der Waals surface area contributed by atoms with Gasteiger partial charge in [-0.3, -0.25) is 9.69 Å². The van der Waals surface area contributed by atoms with E-state index < -0.39 is 0 Å². The third kappa shape index (κ3) is 4.89. The molecule has 3 N–H and O–H groups in total. The summed E-state index contributed by atoms with van der Waals surface area (Å²) in [6, 6.07) is 5.67. The van der Waals surface area contributed by atoms with E-state index in [9.17, 15) is 4.79 Å². The van der Waals surface area contributed by atoms with Gasteiger partial charge >= 0.3 is 0 Å². The molecule has 106 valence electrons. The van der Waals surface area contributed by atoms with E-state index in [0.717, 1.165) is 11.3 Å². The predicted molar refractivity (Wildman–Crippen MR) is 78.2 cm³/mol. The lowest BCUT2D eigenvalue weighted by molar-refractivity contribution is -0.117. The van der Waals surface area contributed by atoms with Crippen LogP contribution in [0.15, 0.2) is 18.2 Å². The third-order valence-corrected chi connectivity index (χ3v) is 3.09. The third-order valence-electron chi connectivity index (χ3n) is 3.09. The van der Waals surface area contributed by atoms with Gasteiger partial charge in [0.05, 0.1) is 13.2 Å². The number of nitrogens with two attached hydrogens (primary N) is 1. The fourth-order valence-electron chi connectivity index (χ4n) is 1.71. The first-order valence-electron chi connectivity index (χ1n) is 6.29. The van der Waals surface area contributed by atoms with Crippen molar-refractivity contribution in [1.82, 2.24) is 4.90 Å². The number of methoxy groups -OCH3 is 1. The van der Waals surface area contributed by atoms with Gasteiger partial charge in [-0.15, -0.1) is 0 Å². The van der Waals surface area contributed by atoms with E-state index in [-0.39, 0.29) is 11.9 Å². The lowest BCUT2D eigenvalue weighted by atomic mass is 10.2. The Hall–Kier alpha value is -1.59. The molecular formula is C14H23N3O2. The van der Waals surface area contributed by atoms with Crippen LogP contribution in [0.3, 0.4) is 0 Å². The molecule has 1 atom stereocenters. The molecule has 0 saturated heterocycles. The zero-order valence-corrected chi connectivity index (χ0v) is 12.1. The van der Waals surface area contributed by atoms with E-state index in [2.05, 4.69) is 5.32 Å². The first-order chi connectivity index (χ1) is 8.93. The van der Waals surface area contributed by atoms with E-state index in [1.165, 1.54) is 0 Å². The second-order valence-corrected chi connectivity index (χ2v) is 4.84. The molecule has 0 spiro atoms. The molecule has 0 bridgehead atoms. The molecule has 0 fully saturated rings. The van der Waals surface area contributed by atoms with E-state index >= 15 is 0 Å². The number of nitrogen functional groups attached to an aromatic ring is 1. The Bertz CT molecular complexity index is 435. The van der Waals surface area contributed by atoms with Crippen molar-refractivity contribution in [1.29, 1.82) is 0 Å². The summed E-state index contributed by atoms with van der Waals surface area (Å²) >= 11 is 0. The van der Waals surface area contributed by atoms with Gasteiger partial charge in [-0.1, -0.05) is 6.07 Å². The van der Waals surface area contributed by atoms with Gasteiger partial charge in [-0.05, 0) is 38.6 Å². The van der Waals surface area contributed by atoms with E-state index in [1.807, 2.05) is 37.9 Å². The topological polar surface area (TPSA) is 67.6 Å². The number of hydrogen-bond acceptors (Lipinski definition) is 4. The minimum atomic E-state index is -0.0563. The van der Waals surface area contributed by atoms with Crippen LogP contribution in [0, 0.1) is 6.92 Å². The Morgan fingerprint density at radius 1 is 1.53 bits per heavy atom. The lowest BCUT2D eigenvalue weighted by Crippen LogP contribution is -2.38. The maximum Gasteiger partial charge on any atom is 0.238 e. The molecule has 0 heterocycles. The normalized spacial score (nSPS) is 12.5. The van der Waals surface area contributed by atoms with Gasteiger partial charge in [-0.25, -0.2) is 0 Å². The number of nitrogens with one attached hydrogen (secondary N) is 1. The Labute approximate surface area is 114 Å². The number of carbonyl (C=O) groups is 1. The quantitative estimate of drug-likeness (QED) is 0.765. The summed E-state index contributed by atoms with van der Waals surface area (Å²) in [6.07, 6.45) is 0. The number of likely N-dealkylation sites (N-methyl/N-ethyl adjacent to an activating group) is 1. The van der Waals surface area contributed by atoms with Gasteiger partial charge in [0.1, 0.15) is 0 Å². The molecule has 19 heavy (non-hydrogen) atoms. The highest BCUT2D eigenvalue weighted by Gasteiger charge is 2.13. The number of amides is 1. The zero-order chi connectivity index (χ0) is 14.4. The minimum Gasteiger partial charge on any atom is -0.399 e. The fourth-order valence-corrected chi connectivity index (χ4v) is 1.71. The summed E-state index contributed by atoms with van der Waals surface area (Å²) in [5.41, 5.74) is 8.11. The molecule has 0 aliphatic heterocycles. The highest BCUT2D eigenvalue weighted by Crippen LogP contribution is 2.17. The molecule has 0 aliphatic carbocycles. The Balaban J connectivity index is 2.57. The van der Waals surface area contributed by atoms with Crippen molar-refractivity contribution in [2.75, 3.05) is 38.4 Å². The Kier molecular flexibility index (Phi) is 5.79. The SMILES string of the molecule is COCC(C)N(C)CC(=O)Nc1cc(N)ccc1C. The van der Waals surface area contributed by atoms with E-state index in [0.29, 0.717) is 18.8 Å². The molecule has 0 saturated carbocycles. The minimum absolute atomic E-state index is 0.0563. The standard InChI is InChI=1S/C14H23N3O2/c1-10-5-6-12(15)7-13(10)16-14(18)8-17(3)11(2)9-19-4/h5-7,11H,8-9,15H2,1-4H3,(H,16,18). The molecule has 5 heteroatoms. The highest BCUT2D eigenvalue weighted by molar-refractivity contribution is 5.93. The first-order valence-corrected chi connectivity index (χ1v) is 6.29. The van der Waals surface area contributed by atoms with Gasteiger partial charge < -0.3 is 15.8 Å². The van der Waals surface area contributed by atoms with Gasteiger partial charge in [0.15, 0.2) is 0 Å². The van der Waals surface area contributed by atoms with Gasteiger partial charge in [0.25, 0.3) is 0 Å². The average Bonchev–Trinajstić information content (AvgIpc) is 2.34. The van der Waals surface area contributed by atoms with Crippen LogP contribution in [0.2, 0.25) is 0 Å². The summed E-state index contributed by atoms with van der Waals surface area (Å²) in [5, 5.41) is 2.88. The largest absolute Gasteiger partial charge is 0.399 e. The highest BCUT2D eigenvalue weighted by atomic mass is 16.5. The molecule has 0 radical (unpaired) electrons. The summed E-state index contributed by atoms with van der Waals surface area (Å²) in [5.74, 6) is -0.0563. The van der Waals surface area contributed by atoms with E-state index in [1.54, 1.807) is 13.2 Å². The molecule has 1 aromatic carbocycles. The fraction of sp³-hybridized carbons (Fsp3) is 0.500. The molecule has 5 nitrogen and oxygen atoms in total. The van der Waals surface area contributed by atoms with Crippen molar-refractivity contribution < 1.29 is 9.53 Å². The number of ether oxygens (including phenoxy) is 1. The number of hydrogen-bond donors (Lipinski definition) is 2. The van der Waals surface area contributed by atoms with Crippen LogP contribution in [0.4, 0.5) is 11.4 Å². The van der Waals surface area contributed by atoms with Crippen LogP contribution in [-0.2, 0) is 9.53 Å². The smallest absolute Gasteiger partial charge is 0.238 e. The maximum atomic E-state index is 12.0. The molecule has 0 aliphatic rings. The zero-order valence-electron chi connectivity index (χ0n) is 12.1. The lowest BCUT2D eigenvalue weighted by Gasteiger charge is -2.23. The van der Waals surface area contributed by atoms with E-state index in [4.69, 9.17) is 10.5 Å². The second-order valence-electron chi connectivity index (χ2n) is 4.84. The monoisotopic (exact) mass is 265 g/mol. The number of nitrogens with zero attached hydrogens (tertiary/aromatic N) is 1. The van der Waals surface area contributed by atoms with Crippen LogP contribution in [0.25, 0.3) is 0 Å². The predicted octanol–water partition coefficient (Wildman–Crippen LogP) is 1.48. The summed E-state index contributed by atoms with van der Waals surface area (Å²) < 4.78 is 5.07. The number of carbonyl (C=O) groups excluding carboxylic acids is 1. The van der Waals surface area contributed by atoms with Crippen molar-refractivity contribution in [3.63, 3.8) is 0 Å². The van der Waals surface area contributed by atoms with Crippen molar-refractivity contribution in [2.45, 2.75) is 19.9 Å². The number of rotatable bonds is 6. The Morgan fingerprint density at radius 2 is 2.21 bits per heavy atom. The van der Waals surface area contributed by atoms with Crippen molar-refractivity contribution >= 4 is 17.3 Å². The number of anilines is 2. The van der Waals surface area contributed by atoms with Crippen LogP contribution in [-0.4, -0.2) is 44.2 Å². The van der Waals surface area contributed by atoms with Gasteiger partial charge in [0, 0.05) is 24.5 Å². The molecular weight excluding hydrogens is 242 g/mol. The van der Waals surface area contributed by atoms with Gasteiger partial charge in [-0.2, -0.15) is 0 Å². The first kappa shape index (κ1) is 15.5. The molecule has 1 aromatic rings.